The largest absolute Gasteiger partial charge is 0.290 e. The number of hydrogen-bond donors (Lipinski definition) is 1. The van der Waals surface area contributed by atoms with Crippen LogP contribution in [0.3, 0.4) is 0 Å². The average molecular weight is 291 g/mol. The van der Waals surface area contributed by atoms with Gasteiger partial charge in [-0.15, -0.1) is 0 Å². The number of carbonyl (C=O) groups is 3. The summed E-state index contributed by atoms with van der Waals surface area (Å²) in [4.78, 5) is 31.6. The van der Waals surface area contributed by atoms with Crippen molar-refractivity contribution in [2.45, 2.75) is 4.90 Å². The van der Waals surface area contributed by atoms with E-state index in [1.54, 1.807) is 12.1 Å². The number of sulfonamides is 1. The van der Waals surface area contributed by atoms with Crippen molar-refractivity contribution in [2.75, 3.05) is 0 Å². The first-order valence-electron chi connectivity index (χ1n) is 5.50. The molecule has 2 aliphatic rings. The van der Waals surface area contributed by atoms with Gasteiger partial charge in [-0.3, -0.25) is 14.4 Å². The first-order chi connectivity index (χ1) is 9.40. The zero-order chi connectivity index (χ0) is 14.8. The molecule has 0 atom stereocenters. The number of hydrogen-bond acceptors (Lipinski definition) is 5. The van der Waals surface area contributed by atoms with E-state index < -0.39 is 15.9 Å². The highest BCUT2D eigenvalue weighted by molar-refractivity contribution is 7.90. The molecule has 1 heterocycles. The number of rotatable bonds is 0. The van der Waals surface area contributed by atoms with Crippen LogP contribution < -0.4 is 4.72 Å². The number of benzene rings is 1. The van der Waals surface area contributed by atoms with Crippen LogP contribution in [0.1, 0.15) is 10.4 Å². The van der Waals surface area contributed by atoms with E-state index in [1.807, 2.05) is 4.72 Å². The van der Waals surface area contributed by atoms with E-state index in [-0.39, 0.29) is 22.0 Å². The summed E-state index contributed by atoms with van der Waals surface area (Å²) >= 11 is 0. The molecule has 1 aromatic rings. The molecular weight excluding hydrogens is 282 g/mol. The molecule has 7 heteroatoms. The standard InChI is InChI=1S/C7H5NO3S.C6H4O2/c9-7-5-3-1-2-4-6(5)12(10,11)8-7;7-5-1-2-6(8)4-3-5/h1-4H,(H,8,9);1-4H. The fraction of sp³-hybridized carbons (Fsp3) is 0. The van der Waals surface area contributed by atoms with Gasteiger partial charge in [-0.2, -0.15) is 0 Å². The first-order valence-corrected chi connectivity index (χ1v) is 6.99. The third kappa shape index (κ3) is 2.89. The number of nitrogens with one attached hydrogen (secondary N) is 1. The van der Waals surface area contributed by atoms with Gasteiger partial charge in [-0.25, -0.2) is 13.1 Å². The molecule has 0 saturated carbocycles. The highest BCUT2D eigenvalue weighted by atomic mass is 32.2. The monoisotopic (exact) mass is 291 g/mol. The van der Waals surface area contributed by atoms with E-state index in [2.05, 4.69) is 0 Å². The third-order valence-corrected chi connectivity index (χ3v) is 3.86. The molecule has 1 N–H and O–H groups in total. The molecule has 0 aromatic heterocycles. The maximum Gasteiger partial charge on any atom is 0.266 e. The van der Waals surface area contributed by atoms with Gasteiger partial charge in [0.2, 0.25) is 0 Å². The quantitative estimate of drug-likeness (QED) is 0.696. The van der Waals surface area contributed by atoms with Gasteiger partial charge in [0.25, 0.3) is 15.9 Å². The van der Waals surface area contributed by atoms with Crippen molar-refractivity contribution < 1.29 is 22.8 Å². The summed E-state index contributed by atoms with van der Waals surface area (Å²) < 4.78 is 24.2. The van der Waals surface area contributed by atoms with Crippen molar-refractivity contribution in [3.8, 4) is 0 Å². The molecule has 0 spiro atoms. The summed E-state index contributed by atoms with van der Waals surface area (Å²) in [6.45, 7) is 0. The first kappa shape index (κ1) is 13.9. The van der Waals surface area contributed by atoms with Crippen LogP contribution in [0.4, 0.5) is 0 Å². The lowest BCUT2D eigenvalue weighted by atomic mass is 10.2. The van der Waals surface area contributed by atoms with Gasteiger partial charge in [0, 0.05) is 0 Å². The van der Waals surface area contributed by atoms with Crippen molar-refractivity contribution >= 4 is 27.5 Å². The molecule has 1 amide bonds. The van der Waals surface area contributed by atoms with Gasteiger partial charge in [0.05, 0.1) is 5.56 Å². The molecule has 20 heavy (non-hydrogen) atoms. The maximum absolute atomic E-state index is 11.1. The Hall–Kier alpha value is -2.54. The molecule has 0 bridgehead atoms. The summed E-state index contributed by atoms with van der Waals surface area (Å²) in [6, 6.07) is 6.09. The highest BCUT2D eigenvalue weighted by Crippen LogP contribution is 2.20. The number of carbonyl (C=O) groups excluding carboxylic acids is 3. The molecule has 1 aliphatic heterocycles. The minimum atomic E-state index is -3.55. The molecule has 0 radical (unpaired) electrons. The molecule has 0 fully saturated rings. The normalized spacial score (nSPS) is 18.1. The second-order valence-corrected chi connectivity index (χ2v) is 5.55. The summed E-state index contributed by atoms with van der Waals surface area (Å²) in [5.74, 6) is -0.792. The smallest absolute Gasteiger partial charge is 0.266 e. The third-order valence-electron chi connectivity index (χ3n) is 2.47. The molecular formula is C13H9NO5S. The summed E-state index contributed by atoms with van der Waals surface area (Å²) in [5, 5.41) is 0. The van der Waals surface area contributed by atoms with E-state index in [0.717, 1.165) is 0 Å². The summed E-state index contributed by atoms with van der Waals surface area (Å²) in [7, 11) is -3.55. The van der Waals surface area contributed by atoms with E-state index in [9.17, 15) is 22.8 Å². The minimum absolute atomic E-state index is 0.0648. The fourth-order valence-electron chi connectivity index (χ4n) is 1.56. The Bertz CT molecular complexity index is 721. The van der Waals surface area contributed by atoms with Crippen LogP contribution in [0.25, 0.3) is 0 Å². The van der Waals surface area contributed by atoms with Gasteiger partial charge in [0.1, 0.15) is 4.90 Å². The van der Waals surface area contributed by atoms with Crippen LogP contribution in [-0.2, 0) is 19.6 Å². The van der Waals surface area contributed by atoms with Crippen LogP contribution in [-0.4, -0.2) is 25.9 Å². The lowest BCUT2D eigenvalue weighted by Gasteiger charge is -1.91. The van der Waals surface area contributed by atoms with Crippen LogP contribution in [0.5, 0.6) is 0 Å². The molecule has 0 unspecified atom stereocenters. The van der Waals surface area contributed by atoms with E-state index in [0.29, 0.717) is 0 Å². The highest BCUT2D eigenvalue weighted by Gasteiger charge is 2.31. The van der Waals surface area contributed by atoms with Crippen LogP contribution >= 0.6 is 0 Å². The molecule has 102 valence electrons. The Morgan fingerprint density at radius 1 is 0.800 bits per heavy atom. The van der Waals surface area contributed by atoms with Crippen molar-refractivity contribution in [1.82, 2.24) is 4.72 Å². The van der Waals surface area contributed by atoms with Crippen molar-refractivity contribution in [3.63, 3.8) is 0 Å². The predicted octanol–water partition coefficient (Wildman–Crippen LogP) is 0.369. The van der Waals surface area contributed by atoms with Gasteiger partial charge >= 0.3 is 0 Å². The molecule has 1 aromatic carbocycles. The summed E-state index contributed by atoms with van der Waals surface area (Å²) in [5.41, 5.74) is 0.220. The Morgan fingerprint density at radius 2 is 1.30 bits per heavy atom. The lowest BCUT2D eigenvalue weighted by molar-refractivity contribution is -0.113. The Morgan fingerprint density at radius 3 is 1.80 bits per heavy atom. The molecule has 6 nitrogen and oxygen atoms in total. The van der Waals surface area contributed by atoms with Crippen molar-refractivity contribution in [1.29, 1.82) is 0 Å². The lowest BCUT2D eigenvalue weighted by Crippen LogP contribution is -2.20. The second-order valence-electron chi connectivity index (χ2n) is 3.90. The number of allylic oxidation sites excluding steroid dienone is 4. The van der Waals surface area contributed by atoms with Gasteiger partial charge in [0.15, 0.2) is 11.6 Å². The number of amides is 1. The maximum atomic E-state index is 11.1. The molecule has 3 rings (SSSR count). The zero-order valence-electron chi connectivity index (χ0n) is 10.1. The van der Waals surface area contributed by atoms with E-state index in [4.69, 9.17) is 0 Å². The van der Waals surface area contributed by atoms with E-state index >= 15 is 0 Å². The number of ketones is 2. The second kappa shape index (κ2) is 5.22. The van der Waals surface area contributed by atoms with Crippen molar-refractivity contribution in [3.05, 3.63) is 54.1 Å². The SMILES string of the molecule is O=C1C=CC(=O)C=C1.O=C1NS(=O)(=O)c2ccccc21. The van der Waals surface area contributed by atoms with E-state index in [1.165, 1.54) is 36.4 Å². The molecule has 1 aliphatic carbocycles. The van der Waals surface area contributed by atoms with Gasteiger partial charge in [-0.05, 0) is 36.4 Å². The Labute approximate surface area is 114 Å². The van der Waals surface area contributed by atoms with Gasteiger partial charge < -0.3 is 0 Å². The van der Waals surface area contributed by atoms with Gasteiger partial charge in [-0.1, -0.05) is 12.1 Å². The topological polar surface area (TPSA) is 97.4 Å². The minimum Gasteiger partial charge on any atom is -0.290 e. The van der Waals surface area contributed by atoms with Crippen molar-refractivity contribution in [2.24, 2.45) is 0 Å². The number of fused-ring (bicyclic) bond motifs is 1. The Balaban J connectivity index is 0.000000160. The van der Waals surface area contributed by atoms with Crippen LogP contribution in [0.15, 0.2) is 53.5 Å². The Kier molecular flexibility index (Phi) is 3.62. The average Bonchev–Trinajstić information content (AvgIpc) is 2.65. The predicted molar refractivity (Wildman–Crippen MR) is 69.4 cm³/mol. The fourth-order valence-corrected chi connectivity index (χ4v) is 2.73. The van der Waals surface area contributed by atoms with Crippen LogP contribution in [0.2, 0.25) is 0 Å². The summed E-state index contributed by atoms with van der Waals surface area (Å²) in [6.07, 6.45) is 5.01. The molecule has 0 saturated heterocycles. The zero-order valence-corrected chi connectivity index (χ0v) is 10.9. The van der Waals surface area contributed by atoms with Crippen LogP contribution in [0, 0.1) is 0 Å².